The van der Waals surface area contributed by atoms with E-state index in [-0.39, 0.29) is 25.1 Å². The first-order chi connectivity index (χ1) is 16.6. The summed E-state index contributed by atoms with van der Waals surface area (Å²) >= 11 is 0. The van der Waals surface area contributed by atoms with Gasteiger partial charge in [-0.3, -0.25) is 14.4 Å². The average molecular weight is 459 g/mol. The summed E-state index contributed by atoms with van der Waals surface area (Å²) in [4.78, 5) is 36.6. The van der Waals surface area contributed by atoms with Crippen LogP contribution in [0.4, 0.5) is 0 Å². The third-order valence-corrected chi connectivity index (χ3v) is 5.56. The fourth-order valence-corrected chi connectivity index (χ4v) is 3.89. The molecule has 1 atom stereocenters. The number of carbonyl (C=O) groups excluding carboxylic acids is 3. The summed E-state index contributed by atoms with van der Waals surface area (Å²) in [5, 5.41) is 5.43. The lowest BCUT2D eigenvalue weighted by Gasteiger charge is -2.26. The average Bonchev–Trinajstić information content (AvgIpc) is 2.87. The minimum atomic E-state index is -0.684. The van der Waals surface area contributed by atoms with E-state index in [4.69, 9.17) is 9.47 Å². The molecule has 1 aliphatic rings. The summed E-state index contributed by atoms with van der Waals surface area (Å²) < 4.78 is 10.7. The molecule has 0 saturated heterocycles. The van der Waals surface area contributed by atoms with Gasteiger partial charge in [0.25, 0.3) is 11.8 Å². The number of para-hydroxylation sites is 1. The summed E-state index contributed by atoms with van der Waals surface area (Å²) in [5.41, 5.74) is 2.72. The number of benzene rings is 3. The number of amides is 2. The van der Waals surface area contributed by atoms with E-state index in [9.17, 15) is 14.4 Å². The highest BCUT2D eigenvalue weighted by molar-refractivity contribution is 5.96. The van der Waals surface area contributed by atoms with Gasteiger partial charge in [-0.05, 0) is 66.8 Å². The van der Waals surface area contributed by atoms with Crippen molar-refractivity contribution < 1.29 is 23.9 Å². The van der Waals surface area contributed by atoms with E-state index in [0.29, 0.717) is 17.1 Å². The summed E-state index contributed by atoms with van der Waals surface area (Å²) in [6.45, 7) is -0.723. The lowest BCUT2D eigenvalue weighted by molar-refractivity contribution is -0.147. The van der Waals surface area contributed by atoms with Gasteiger partial charge in [-0.25, -0.2) is 0 Å². The van der Waals surface area contributed by atoms with Crippen LogP contribution in [0.1, 0.15) is 40.4 Å². The smallest absolute Gasteiger partial charge is 0.325 e. The van der Waals surface area contributed by atoms with Crippen molar-refractivity contribution in [2.75, 3.05) is 13.2 Å². The summed E-state index contributed by atoms with van der Waals surface area (Å²) in [5.74, 6) is -0.189. The molecule has 1 aliphatic carbocycles. The number of carbonyl (C=O) groups is 3. The van der Waals surface area contributed by atoms with Gasteiger partial charge in [0.15, 0.2) is 6.61 Å². The van der Waals surface area contributed by atoms with Gasteiger partial charge in [0.05, 0.1) is 6.04 Å². The highest BCUT2D eigenvalue weighted by Crippen LogP contribution is 2.29. The Hall–Kier alpha value is -4.13. The second-order valence-electron chi connectivity index (χ2n) is 7.99. The largest absolute Gasteiger partial charge is 0.457 e. The van der Waals surface area contributed by atoms with E-state index in [2.05, 4.69) is 16.7 Å². The Labute approximate surface area is 198 Å². The number of aryl methyl sites for hydroxylation is 1. The van der Waals surface area contributed by atoms with Crippen molar-refractivity contribution in [1.29, 1.82) is 0 Å². The molecule has 2 N–H and O–H groups in total. The minimum absolute atomic E-state index is 0.0790. The summed E-state index contributed by atoms with van der Waals surface area (Å²) in [6, 6.07) is 23.8. The summed E-state index contributed by atoms with van der Waals surface area (Å²) in [6.07, 6.45) is 2.84. The van der Waals surface area contributed by atoms with Crippen LogP contribution in [0, 0.1) is 0 Å². The van der Waals surface area contributed by atoms with Crippen LogP contribution in [0.3, 0.4) is 0 Å². The lowest BCUT2D eigenvalue weighted by Crippen LogP contribution is -2.36. The lowest BCUT2D eigenvalue weighted by atomic mass is 9.88. The number of esters is 1. The molecule has 0 bridgehead atoms. The predicted octanol–water partition coefficient (Wildman–Crippen LogP) is 3.95. The van der Waals surface area contributed by atoms with Crippen LogP contribution in [0.2, 0.25) is 0 Å². The van der Waals surface area contributed by atoms with Gasteiger partial charge in [0.2, 0.25) is 0 Å². The molecule has 1 unspecified atom stereocenters. The Bertz CT molecular complexity index is 1150. The van der Waals surface area contributed by atoms with Gasteiger partial charge in [-0.15, -0.1) is 0 Å². The van der Waals surface area contributed by atoms with Gasteiger partial charge in [-0.1, -0.05) is 42.5 Å². The van der Waals surface area contributed by atoms with Crippen LogP contribution in [-0.4, -0.2) is 30.9 Å². The molecule has 0 aliphatic heterocycles. The monoisotopic (exact) mass is 458 g/mol. The highest BCUT2D eigenvalue weighted by atomic mass is 16.5. The highest BCUT2D eigenvalue weighted by Gasteiger charge is 2.21. The first kappa shape index (κ1) is 23.0. The van der Waals surface area contributed by atoms with Crippen molar-refractivity contribution >= 4 is 17.8 Å². The maximum atomic E-state index is 12.3. The van der Waals surface area contributed by atoms with Crippen LogP contribution in [0.25, 0.3) is 0 Å². The molecule has 0 spiro atoms. The standard InChI is InChI=1S/C27H26N2O5/c30-25(29-24-12-6-8-19-7-4-5-11-23(19)24)18-33-26(31)17-28-27(32)20-13-15-22(16-14-20)34-21-9-2-1-3-10-21/h1-5,7,9-11,13-16,24H,6,8,12,17-18H2,(H,28,32)(H,29,30). The van der Waals surface area contributed by atoms with Crippen molar-refractivity contribution in [2.45, 2.75) is 25.3 Å². The molecule has 0 fully saturated rings. The molecule has 2 amide bonds. The van der Waals surface area contributed by atoms with Crippen LogP contribution in [0.5, 0.6) is 11.5 Å². The Balaban J connectivity index is 1.19. The number of hydrogen-bond donors (Lipinski definition) is 2. The SMILES string of the molecule is O=C(COC(=O)CNC(=O)c1ccc(Oc2ccccc2)cc1)NC1CCCc2ccccc21. The Morgan fingerprint density at radius 1 is 0.853 bits per heavy atom. The minimum Gasteiger partial charge on any atom is -0.457 e. The van der Waals surface area contributed by atoms with Crippen LogP contribution < -0.4 is 15.4 Å². The van der Waals surface area contributed by atoms with Gasteiger partial charge >= 0.3 is 5.97 Å². The normalized spacial score (nSPS) is 14.4. The van der Waals surface area contributed by atoms with Crippen LogP contribution in [0.15, 0.2) is 78.9 Å². The quantitative estimate of drug-likeness (QED) is 0.499. The van der Waals surface area contributed by atoms with Crippen LogP contribution >= 0.6 is 0 Å². The third-order valence-electron chi connectivity index (χ3n) is 5.56. The first-order valence-electron chi connectivity index (χ1n) is 11.2. The molecule has 0 saturated carbocycles. The zero-order chi connectivity index (χ0) is 23.8. The van der Waals surface area contributed by atoms with Gasteiger partial charge in [-0.2, -0.15) is 0 Å². The summed E-state index contributed by atoms with van der Waals surface area (Å²) in [7, 11) is 0. The van der Waals surface area contributed by atoms with Crippen molar-refractivity contribution in [3.8, 4) is 11.5 Å². The maximum absolute atomic E-state index is 12.3. The fourth-order valence-electron chi connectivity index (χ4n) is 3.89. The molecule has 174 valence electrons. The van der Waals surface area contributed by atoms with Crippen molar-refractivity contribution in [2.24, 2.45) is 0 Å². The van der Waals surface area contributed by atoms with E-state index >= 15 is 0 Å². The third kappa shape index (κ3) is 6.22. The number of nitrogens with one attached hydrogen (secondary N) is 2. The van der Waals surface area contributed by atoms with Gasteiger partial charge in [0, 0.05) is 5.56 Å². The molecule has 3 aromatic carbocycles. The number of ether oxygens (including phenoxy) is 2. The molecule has 0 heterocycles. The maximum Gasteiger partial charge on any atom is 0.325 e. The van der Waals surface area contributed by atoms with Crippen molar-refractivity contribution in [3.63, 3.8) is 0 Å². The van der Waals surface area contributed by atoms with Gasteiger partial charge < -0.3 is 20.1 Å². The fraction of sp³-hybridized carbons (Fsp3) is 0.222. The second kappa shape index (κ2) is 11.1. The first-order valence-corrected chi connectivity index (χ1v) is 11.2. The van der Waals surface area contributed by atoms with Gasteiger partial charge in [0.1, 0.15) is 18.0 Å². The zero-order valence-electron chi connectivity index (χ0n) is 18.7. The Morgan fingerprint density at radius 2 is 1.56 bits per heavy atom. The molecule has 7 nitrogen and oxygen atoms in total. The Morgan fingerprint density at radius 3 is 2.35 bits per heavy atom. The molecule has 3 aromatic rings. The second-order valence-corrected chi connectivity index (χ2v) is 7.99. The number of fused-ring (bicyclic) bond motifs is 1. The molecule has 4 rings (SSSR count). The van der Waals surface area contributed by atoms with E-state index < -0.39 is 11.9 Å². The molecule has 0 aromatic heterocycles. The van der Waals surface area contributed by atoms with Crippen molar-refractivity contribution in [1.82, 2.24) is 10.6 Å². The zero-order valence-corrected chi connectivity index (χ0v) is 18.7. The number of rotatable bonds is 8. The van der Waals surface area contributed by atoms with E-state index in [1.54, 1.807) is 24.3 Å². The topological polar surface area (TPSA) is 93.7 Å². The van der Waals surface area contributed by atoms with E-state index in [0.717, 1.165) is 24.8 Å². The van der Waals surface area contributed by atoms with E-state index in [1.807, 2.05) is 48.5 Å². The number of hydrogen-bond acceptors (Lipinski definition) is 5. The van der Waals surface area contributed by atoms with Crippen molar-refractivity contribution in [3.05, 3.63) is 95.6 Å². The van der Waals surface area contributed by atoms with E-state index in [1.165, 1.54) is 5.56 Å². The van der Waals surface area contributed by atoms with Crippen LogP contribution in [-0.2, 0) is 20.7 Å². The molecule has 0 radical (unpaired) electrons. The predicted molar refractivity (Wildman–Crippen MR) is 127 cm³/mol. The molecular weight excluding hydrogens is 432 g/mol. The molecule has 7 heteroatoms. The Kier molecular flexibility index (Phi) is 7.55. The molecule has 34 heavy (non-hydrogen) atoms. The molecular formula is C27H26N2O5.